The first-order chi connectivity index (χ1) is 27.0. The van der Waals surface area contributed by atoms with Gasteiger partial charge in [0.2, 0.25) is 0 Å². The number of hydrogen-bond donors (Lipinski definition) is 0. The molecule has 0 fully saturated rings. The number of ether oxygens (including phenoxy) is 1. The average Bonchev–Trinajstić information content (AvgIpc) is 4.03. The molecule has 3 aliphatic rings. The molecule has 0 radical (unpaired) electrons. The third kappa shape index (κ3) is 4.19. The molecule has 2 aliphatic carbocycles. The molecule has 260 valence electrons. The molecule has 9 aromatic rings. The second kappa shape index (κ2) is 11.1. The summed E-state index contributed by atoms with van der Waals surface area (Å²) in [5.74, 6) is 1.85. The van der Waals surface area contributed by atoms with E-state index in [4.69, 9.17) is 9.72 Å². The summed E-state index contributed by atoms with van der Waals surface area (Å²) in [6.45, 7) is 4.71. The number of fused-ring (bicyclic) bond motifs is 10. The molecule has 1 unspecified atom stereocenters. The second-order valence-electron chi connectivity index (χ2n) is 15.5. The molecule has 0 bridgehead atoms. The summed E-state index contributed by atoms with van der Waals surface area (Å²) in [4.78, 5) is 5.10. The highest BCUT2D eigenvalue weighted by atomic mass is 16.5. The Morgan fingerprint density at radius 3 is 2.15 bits per heavy atom. The molecule has 0 saturated heterocycles. The van der Waals surface area contributed by atoms with E-state index in [1.165, 1.54) is 60.8 Å². The Hall–Kier alpha value is -6.91. The molecule has 3 heterocycles. The van der Waals surface area contributed by atoms with Crippen molar-refractivity contribution in [2.45, 2.75) is 25.4 Å². The van der Waals surface area contributed by atoms with Gasteiger partial charge in [-0.1, -0.05) is 129 Å². The number of para-hydroxylation sites is 4. The topological polar surface area (TPSA) is 32.0 Å². The van der Waals surface area contributed by atoms with Gasteiger partial charge in [0.1, 0.15) is 11.6 Å². The predicted octanol–water partition coefficient (Wildman–Crippen LogP) is 12.5. The van der Waals surface area contributed by atoms with E-state index < -0.39 is 0 Å². The average molecular weight is 706 g/mol. The van der Waals surface area contributed by atoms with Crippen LogP contribution in [0.25, 0.3) is 83.4 Å². The van der Waals surface area contributed by atoms with Crippen LogP contribution >= 0.6 is 0 Å². The SMILES string of the molecule is CC1(C)c2ccccc2-c2cc3c4ccccc4n(C4=CC=C5c6c(cccc6-c6ccc(-c7nc8ccccc8n7-c7ccccc7)cc6)OC54)c3cc21. The normalized spacial score (nSPS) is 16.1. The fourth-order valence-corrected chi connectivity index (χ4v) is 9.63. The summed E-state index contributed by atoms with van der Waals surface area (Å²) in [5, 5.41) is 2.53. The minimum absolute atomic E-state index is 0.0897. The minimum atomic E-state index is -0.210. The van der Waals surface area contributed by atoms with Crippen molar-refractivity contribution in [2.24, 2.45) is 0 Å². The molecular formula is C51H35N3O. The lowest BCUT2D eigenvalue weighted by atomic mass is 9.82. The first kappa shape index (κ1) is 30.5. The maximum absolute atomic E-state index is 6.93. The molecule has 0 spiro atoms. The van der Waals surface area contributed by atoms with Crippen LogP contribution in [0, 0.1) is 0 Å². The van der Waals surface area contributed by atoms with Crippen LogP contribution in [0.15, 0.2) is 170 Å². The Bertz CT molecular complexity index is 3140. The Kier molecular flexibility index (Phi) is 6.14. The van der Waals surface area contributed by atoms with Gasteiger partial charge in [-0.25, -0.2) is 4.98 Å². The summed E-state index contributed by atoms with van der Waals surface area (Å²) >= 11 is 0. The van der Waals surface area contributed by atoms with E-state index in [1.54, 1.807) is 0 Å². The van der Waals surface area contributed by atoms with E-state index in [0.29, 0.717) is 0 Å². The maximum Gasteiger partial charge on any atom is 0.165 e. The van der Waals surface area contributed by atoms with Crippen LogP contribution in [-0.2, 0) is 5.41 Å². The molecule has 55 heavy (non-hydrogen) atoms. The summed E-state index contributed by atoms with van der Waals surface area (Å²) in [6, 6.07) is 56.7. The lowest BCUT2D eigenvalue weighted by molar-refractivity contribution is 0.328. The van der Waals surface area contributed by atoms with Crippen molar-refractivity contribution in [3.8, 4) is 45.1 Å². The summed E-state index contributed by atoms with van der Waals surface area (Å²) in [5.41, 5.74) is 17.8. The van der Waals surface area contributed by atoms with E-state index in [-0.39, 0.29) is 11.5 Å². The zero-order valence-corrected chi connectivity index (χ0v) is 30.5. The monoisotopic (exact) mass is 705 g/mol. The number of nitrogens with zero attached hydrogens (tertiary/aromatic N) is 3. The highest BCUT2D eigenvalue weighted by molar-refractivity contribution is 6.13. The van der Waals surface area contributed by atoms with Gasteiger partial charge >= 0.3 is 0 Å². The van der Waals surface area contributed by atoms with Gasteiger partial charge in [-0.15, -0.1) is 0 Å². The maximum atomic E-state index is 6.93. The predicted molar refractivity (Wildman–Crippen MR) is 226 cm³/mol. The van der Waals surface area contributed by atoms with Crippen LogP contribution in [-0.4, -0.2) is 20.2 Å². The van der Waals surface area contributed by atoms with Crippen molar-refractivity contribution in [2.75, 3.05) is 0 Å². The van der Waals surface area contributed by atoms with Crippen LogP contribution < -0.4 is 4.74 Å². The van der Waals surface area contributed by atoms with Crippen molar-refractivity contribution in [3.05, 3.63) is 187 Å². The van der Waals surface area contributed by atoms with Crippen molar-refractivity contribution >= 4 is 44.1 Å². The summed E-state index contributed by atoms with van der Waals surface area (Å²) in [6.07, 6.45) is 4.34. The van der Waals surface area contributed by atoms with Gasteiger partial charge in [-0.05, 0) is 88.0 Å². The van der Waals surface area contributed by atoms with E-state index in [0.717, 1.165) is 45.1 Å². The van der Waals surface area contributed by atoms with Gasteiger partial charge in [0, 0.05) is 38.6 Å². The lowest BCUT2D eigenvalue weighted by Crippen LogP contribution is -2.17. The fourth-order valence-electron chi connectivity index (χ4n) is 9.63. The highest BCUT2D eigenvalue weighted by Gasteiger charge is 2.40. The fraction of sp³-hybridized carbons (Fsp3) is 0.0784. The molecule has 4 nitrogen and oxygen atoms in total. The largest absolute Gasteiger partial charge is 0.479 e. The molecule has 0 N–H and O–H groups in total. The molecule has 0 saturated carbocycles. The summed E-state index contributed by atoms with van der Waals surface area (Å²) in [7, 11) is 0. The minimum Gasteiger partial charge on any atom is -0.479 e. The molecule has 1 atom stereocenters. The van der Waals surface area contributed by atoms with Crippen molar-refractivity contribution in [1.29, 1.82) is 0 Å². The van der Waals surface area contributed by atoms with Gasteiger partial charge < -0.3 is 9.30 Å². The van der Waals surface area contributed by atoms with Crippen molar-refractivity contribution < 1.29 is 4.74 Å². The van der Waals surface area contributed by atoms with E-state index in [9.17, 15) is 0 Å². The van der Waals surface area contributed by atoms with Crippen LogP contribution in [0.4, 0.5) is 0 Å². The van der Waals surface area contributed by atoms with Crippen LogP contribution in [0.2, 0.25) is 0 Å². The Morgan fingerprint density at radius 1 is 0.545 bits per heavy atom. The molecule has 2 aromatic heterocycles. The van der Waals surface area contributed by atoms with Crippen LogP contribution in [0.5, 0.6) is 5.75 Å². The van der Waals surface area contributed by atoms with Gasteiger partial charge in [-0.3, -0.25) is 4.57 Å². The van der Waals surface area contributed by atoms with E-state index in [2.05, 4.69) is 187 Å². The van der Waals surface area contributed by atoms with E-state index in [1.807, 2.05) is 6.07 Å². The zero-order valence-electron chi connectivity index (χ0n) is 30.5. The van der Waals surface area contributed by atoms with Crippen molar-refractivity contribution in [3.63, 3.8) is 0 Å². The molecule has 7 aromatic carbocycles. The molecule has 4 heteroatoms. The number of rotatable bonds is 4. The number of aromatic nitrogens is 3. The molecule has 1 aliphatic heterocycles. The smallest absolute Gasteiger partial charge is 0.165 e. The Morgan fingerprint density at radius 2 is 1.27 bits per heavy atom. The number of hydrogen-bond acceptors (Lipinski definition) is 2. The third-order valence-electron chi connectivity index (χ3n) is 12.2. The van der Waals surface area contributed by atoms with E-state index >= 15 is 0 Å². The van der Waals surface area contributed by atoms with Gasteiger partial charge in [-0.2, -0.15) is 0 Å². The zero-order chi connectivity index (χ0) is 36.4. The first-order valence-corrected chi connectivity index (χ1v) is 19.1. The van der Waals surface area contributed by atoms with Crippen molar-refractivity contribution in [1.82, 2.24) is 14.1 Å². The number of allylic oxidation sites excluding steroid dienone is 2. The molecule has 0 amide bonds. The third-order valence-corrected chi connectivity index (χ3v) is 12.2. The Balaban J connectivity index is 0.939. The van der Waals surface area contributed by atoms with Gasteiger partial charge in [0.25, 0.3) is 0 Å². The van der Waals surface area contributed by atoms with Gasteiger partial charge in [0.15, 0.2) is 6.10 Å². The second-order valence-corrected chi connectivity index (χ2v) is 15.5. The standard InChI is InChI=1S/C51H35N3O/c1-51(2)40-18-8-6-15-35(40)38-29-39-36-16-7-10-20-43(36)54(46(39)30-41(38)51)45-28-27-37-48-34(17-12-22-47(48)55-49(37)45)31-23-25-32(26-24-31)50-52-42-19-9-11-21-44(42)53(50)33-13-4-3-5-14-33/h3-30,49H,1-2H3. The quantitative estimate of drug-likeness (QED) is 0.183. The summed E-state index contributed by atoms with van der Waals surface area (Å²) < 4.78 is 11.6. The molecule has 12 rings (SSSR count). The number of imidazole rings is 1. The van der Waals surface area contributed by atoms with Crippen LogP contribution in [0.1, 0.15) is 30.5 Å². The van der Waals surface area contributed by atoms with Crippen LogP contribution in [0.3, 0.4) is 0 Å². The van der Waals surface area contributed by atoms with Gasteiger partial charge in [0.05, 0.1) is 27.8 Å². The Labute approximate surface area is 318 Å². The first-order valence-electron chi connectivity index (χ1n) is 19.1. The highest BCUT2D eigenvalue weighted by Crippen LogP contribution is 2.53. The lowest BCUT2D eigenvalue weighted by Gasteiger charge is -2.22. The molecular weight excluding hydrogens is 671 g/mol. The number of benzene rings is 7.